The quantitative estimate of drug-likeness (QED) is 0.470. The zero-order valence-corrected chi connectivity index (χ0v) is 19.2. The number of nitrogens with one attached hydrogen (secondary N) is 1. The normalized spacial score (nSPS) is 15.8. The Balaban J connectivity index is 1.31. The number of piperazine rings is 1. The van der Waals surface area contributed by atoms with Gasteiger partial charge in [-0.15, -0.1) is 11.3 Å². The number of benzene rings is 2. The summed E-state index contributed by atoms with van der Waals surface area (Å²) in [5.41, 5.74) is 1.65. The number of nitrogens with zero attached hydrogens (tertiary/aromatic N) is 3. The molecule has 1 aliphatic rings. The van der Waals surface area contributed by atoms with Crippen LogP contribution in [0.1, 0.15) is 5.82 Å². The molecule has 1 saturated heterocycles. The molecule has 1 fully saturated rings. The van der Waals surface area contributed by atoms with Gasteiger partial charge in [-0.2, -0.15) is 4.31 Å². The number of aromatic amines is 1. The van der Waals surface area contributed by atoms with Crippen LogP contribution in [0, 0.1) is 5.82 Å². The van der Waals surface area contributed by atoms with Crippen LogP contribution in [-0.4, -0.2) is 53.8 Å². The second-order valence-electron chi connectivity index (χ2n) is 7.82. The molecule has 1 aliphatic heterocycles. The molecule has 2 aromatic heterocycles. The van der Waals surface area contributed by atoms with Crippen molar-refractivity contribution in [3.63, 3.8) is 0 Å². The summed E-state index contributed by atoms with van der Waals surface area (Å²) in [6, 6.07) is 15.1. The first kappa shape index (κ1) is 21.9. The van der Waals surface area contributed by atoms with Gasteiger partial charge in [0, 0.05) is 37.1 Å². The van der Waals surface area contributed by atoms with Gasteiger partial charge in [-0.3, -0.25) is 9.69 Å². The Labute approximate surface area is 194 Å². The third kappa shape index (κ3) is 4.22. The van der Waals surface area contributed by atoms with E-state index in [2.05, 4.69) is 9.97 Å². The van der Waals surface area contributed by atoms with E-state index in [1.165, 1.54) is 33.8 Å². The molecule has 0 amide bonds. The molecule has 1 N–H and O–H groups in total. The highest BCUT2D eigenvalue weighted by Gasteiger charge is 2.30. The lowest BCUT2D eigenvalue weighted by Crippen LogP contribution is -2.48. The Morgan fingerprint density at radius 1 is 1.00 bits per heavy atom. The van der Waals surface area contributed by atoms with Crippen molar-refractivity contribution >= 4 is 31.6 Å². The van der Waals surface area contributed by atoms with E-state index in [-0.39, 0.29) is 23.5 Å². The van der Waals surface area contributed by atoms with E-state index in [1.54, 1.807) is 0 Å². The molecule has 0 radical (unpaired) electrons. The second kappa shape index (κ2) is 8.79. The third-order valence-corrected chi connectivity index (χ3v) is 8.54. The number of hydrogen-bond acceptors (Lipinski definition) is 6. The molecular weight excluding hydrogens is 463 g/mol. The van der Waals surface area contributed by atoms with Gasteiger partial charge in [0.15, 0.2) is 0 Å². The number of H-pyrrole nitrogens is 1. The molecule has 0 aliphatic carbocycles. The highest BCUT2D eigenvalue weighted by Crippen LogP contribution is 2.30. The molecular formula is C23H21FN4O3S2. The smallest absolute Gasteiger partial charge is 0.260 e. The minimum Gasteiger partial charge on any atom is -0.309 e. The van der Waals surface area contributed by atoms with Gasteiger partial charge in [0.25, 0.3) is 5.56 Å². The fourth-order valence-corrected chi connectivity index (χ4v) is 6.49. The van der Waals surface area contributed by atoms with Crippen LogP contribution in [0.4, 0.5) is 4.39 Å². The topological polar surface area (TPSA) is 86.4 Å². The Hall–Kier alpha value is -2.92. The fraction of sp³-hybridized carbons (Fsp3) is 0.217. The fourth-order valence-electron chi connectivity index (χ4n) is 4.03. The first-order valence-corrected chi connectivity index (χ1v) is 12.8. The zero-order chi connectivity index (χ0) is 23.0. The van der Waals surface area contributed by atoms with Crippen LogP contribution in [-0.2, 0) is 16.6 Å². The van der Waals surface area contributed by atoms with Crippen LogP contribution >= 0.6 is 11.3 Å². The van der Waals surface area contributed by atoms with E-state index in [0.29, 0.717) is 35.7 Å². The highest BCUT2D eigenvalue weighted by atomic mass is 32.2. The lowest BCUT2D eigenvalue weighted by molar-refractivity contribution is 0.178. The van der Waals surface area contributed by atoms with Gasteiger partial charge in [-0.25, -0.2) is 17.8 Å². The van der Waals surface area contributed by atoms with Gasteiger partial charge < -0.3 is 4.98 Å². The van der Waals surface area contributed by atoms with Gasteiger partial charge in [-0.1, -0.05) is 42.5 Å². The molecule has 2 aromatic carbocycles. The van der Waals surface area contributed by atoms with Crippen molar-refractivity contribution in [1.82, 2.24) is 19.2 Å². The third-order valence-electron chi connectivity index (χ3n) is 5.74. The van der Waals surface area contributed by atoms with E-state index in [0.717, 1.165) is 17.2 Å². The Morgan fingerprint density at radius 3 is 2.42 bits per heavy atom. The maximum Gasteiger partial charge on any atom is 0.260 e. The Bertz CT molecular complexity index is 1460. The zero-order valence-electron chi connectivity index (χ0n) is 17.6. The molecule has 0 spiro atoms. The van der Waals surface area contributed by atoms with Crippen molar-refractivity contribution in [2.75, 3.05) is 26.2 Å². The van der Waals surface area contributed by atoms with Gasteiger partial charge in [0.2, 0.25) is 10.0 Å². The summed E-state index contributed by atoms with van der Waals surface area (Å²) in [7, 11) is -3.89. The maximum absolute atomic E-state index is 14.0. The van der Waals surface area contributed by atoms with Crippen LogP contribution in [0.3, 0.4) is 0 Å². The number of aromatic nitrogens is 2. The van der Waals surface area contributed by atoms with Crippen LogP contribution in [0.5, 0.6) is 0 Å². The van der Waals surface area contributed by atoms with Crippen molar-refractivity contribution in [2.45, 2.75) is 11.4 Å². The molecule has 5 rings (SSSR count). The number of thiophene rings is 1. The number of rotatable bonds is 5. The van der Waals surface area contributed by atoms with Crippen molar-refractivity contribution in [3.8, 4) is 11.1 Å². The lowest BCUT2D eigenvalue weighted by atomic mass is 10.1. The first-order valence-electron chi connectivity index (χ1n) is 10.5. The monoisotopic (exact) mass is 484 g/mol. The minimum absolute atomic E-state index is 0.184. The van der Waals surface area contributed by atoms with Crippen LogP contribution in [0.2, 0.25) is 0 Å². The van der Waals surface area contributed by atoms with Crippen molar-refractivity contribution in [2.24, 2.45) is 0 Å². The average Bonchev–Trinajstić information content (AvgIpc) is 3.25. The SMILES string of the molecule is O=c1[nH]c(CN2CCN(S(=O)(=O)c3ccccc3F)CC2)nc2scc(-c3ccccc3)c12. The van der Waals surface area contributed by atoms with E-state index in [9.17, 15) is 17.6 Å². The van der Waals surface area contributed by atoms with Crippen LogP contribution in [0.25, 0.3) is 21.3 Å². The van der Waals surface area contributed by atoms with Crippen LogP contribution in [0.15, 0.2) is 69.7 Å². The molecule has 0 saturated carbocycles. The van der Waals surface area contributed by atoms with E-state index < -0.39 is 15.8 Å². The molecule has 170 valence electrons. The highest BCUT2D eigenvalue weighted by molar-refractivity contribution is 7.89. The molecule has 33 heavy (non-hydrogen) atoms. The number of halogens is 1. The number of sulfonamides is 1. The first-order chi connectivity index (χ1) is 15.9. The van der Waals surface area contributed by atoms with E-state index in [1.807, 2.05) is 40.6 Å². The summed E-state index contributed by atoms with van der Waals surface area (Å²) >= 11 is 1.43. The molecule has 4 aromatic rings. The summed E-state index contributed by atoms with van der Waals surface area (Å²) in [5, 5.41) is 2.52. The second-order valence-corrected chi connectivity index (χ2v) is 10.6. The lowest BCUT2D eigenvalue weighted by Gasteiger charge is -2.33. The predicted octanol–water partition coefficient (Wildman–Crippen LogP) is 3.30. The van der Waals surface area contributed by atoms with Gasteiger partial charge in [0.05, 0.1) is 11.9 Å². The molecule has 10 heteroatoms. The molecule has 0 unspecified atom stereocenters. The van der Waals surface area contributed by atoms with Gasteiger partial charge in [-0.05, 0) is 17.7 Å². The Kier molecular flexibility index (Phi) is 5.83. The average molecular weight is 485 g/mol. The standard InChI is InChI=1S/C23H21FN4O3S2/c24-18-8-4-5-9-19(18)33(30,31)28-12-10-27(11-13-28)14-20-25-22(29)21-17(15-32-23(21)26-20)16-6-2-1-3-7-16/h1-9,15H,10-14H2,(H,25,26,29). The summed E-state index contributed by atoms with van der Waals surface area (Å²) in [4.78, 5) is 22.8. The molecule has 3 heterocycles. The summed E-state index contributed by atoms with van der Waals surface area (Å²) in [6.45, 7) is 1.78. The van der Waals surface area contributed by atoms with Gasteiger partial charge in [0.1, 0.15) is 21.4 Å². The van der Waals surface area contributed by atoms with Crippen LogP contribution < -0.4 is 5.56 Å². The summed E-state index contributed by atoms with van der Waals surface area (Å²) in [5.74, 6) is -0.208. The number of fused-ring (bicyclic) bond motifs is 1. The van der Waals surface area contributed by atoms with E-state index in [4.69, 9.17) is 0 Å². The van der Waals surface area contributed by atoms with Gasteiger partial charge >= 0.3 is 0 Å². The summed E-state index contributed by atoms with van der Waals surface area (Å²) in [6.07, 6.45) is 0. The maximum atomic E-state index is 14.0. The van der Waals surface area contributed by atoms with E-state index >= 15 is 0 Å². The number of hydrogen-bond donors (Lipinski definition) is 1. The predicted molar refractivity (Wildman–Crippen MR) is 126 cm³/mol. The molecule has 7 nitrogen and oxygen atoms in total. The van der Waals surface area contributed by atoms with Crippen molar-refractivity contribution in [1.29, 1.82) is 0 Å². The molecule has 0 bridgehead atoms. The minimum atomic E-state index is -3.89. The largest absolute Gasteiger partial charge is 0.309 e. The Morgan fingerprint density at radius 2 is 1.70 bits per heavy atom. The van der Waals surface area contributed by atoms with Crippen molar-refractivity contribution in [3.05, 3.63) is 82.0 Å². The molecule has 0 atom stereocenters. The van der Waals surface area contributed by atoms with Crippen molar-refractivity contribution < 1.29 is 12.8 Å². The summed E-state index contributed by atoms with van der Waals surface area (Å²) < 4.78 is 40.9.